The maximum atomic E-state index is 6.67. The van der Waals surface area contributed by atoms with E-state index in [1.807, 2.05) is 0 Å². The van der Waals surface area contributed by atoms with Crippen LogP contribution in [-0.2, 0) is 10.8 Å². The van der Waals surface area contributed by atoms with E-state index in [1.165, 1.54) is 66.8 Å². The van der Waals surface area contributed by atoms with Crippen molar-refractivity contribution in [2.75, 3.05) is 0 Å². The van der Waals surface area contributed by atoms with Gasteiger partial charge < -0.3 is 4.74 Å². The van der Waals surface area contributed by atoms with Crippen LogP contribution in [0.25, 0.3) is 22.3 Å². The van der Waals surface area contributed by atoms with E-state index < -0.39 is 10.8 Å². The Morgan fingerprint density at radius 3 is 1.57 bits per heavy atom. The molecule has 1 heteroatoms. The quantitative estimate of drug-likeness (QED) is 0.195. The molecule has 0 fully saturated rings. The van der Waals surface area contributed by atoms with Gasteiger partial charge in [-0.1, -0.05) is 158 Å². The topological polar surface area (TPSA) is 9.23 Å². The van der Waals surface area contributed by atoms with E-state index in [9.17, 15) is 0 Å². The predicted octanol–water partition coefficient (Wildman–Crippen LogP) is 11.5. The van der Waals surface area contributed by atoms with E-state index in [2.05, 4.69) is 184 Å². The lowest BCUT2D eigenvalue weighted by Gasteiger charge is -2.40. The summed E-state index contributed by atoms with van der Waals surface area (Å²) in [5.74, 6) is 1.83. The van der Waals surface area contributed by atoms with Crippen LogP contribution < -0.4 is 4.74 Å². The fourth-order valence-corrected chi connectivity index (χ4v) is 8.53. The van der Waals surface area contributed by atoms with Gasteiger partial charge in [-0.3, -0.25) is 0 Å². The Morgan fingerprint density at radius 1 is 0.426 bits per heavy atom. The van der Waals surface area contributed by atoms with Gasteiger partial charge in [-0.15, -0.1) is 0 Å². The van der Waals surface area contributed by atoms with E-state index >= 15 is 0 Å². The Hall–Kier alpha value is -5.66. The van der Waals surface area contributed by atoms with Crippen molar-refractivity contribution in [2.45, 2.75) is 24.7 Å². The molecule has 0 saturated carbocycles. The van der Waals surface area contributed by atoms with Crippen molar-refractivity contribution in [3.05, 3.63) is 214 Å². The summed E-state index contributed by atoms with van der Waals surface area (Å²) in [6, 6.07) is 62.0. The number of hydrogen-bond donors (Lipinski definition) is 0. The molecule has 0 amide bonds. The van der Waals surface area contributed by atoms with E-state index in [0.717, 1.165) is 11.5 Å². The monoisotopic (exact) mass is 602 g/mol. The summed E-state index contributed by atoms with van der Waals surface area (Å²) in [5.41, 5.74) is 14.3. The van der Waals surface area contributed by atoms with Crippen molar-refractivity contribution in [1.82, 2.24) is 0 Å². The van der Waals surface area contributed by atoms with E-state index in [1.54, 1.807) is 0 Å². The highest BCUT2D eigenvalue weighted by atomic mass is 16.5. The average molecular weight is 603 g/mol. The minimum Gasteiger partial charge on any atom is -0.457 e. The van der Waals surface area contributed by atoms with Crippen LogP contribution in [0.4, 0.5) is 0 Å². The van der Waals surface area contributed by atoms with Gasteiger partial charge in [-0.25, -0.2) is 0 Å². The highest BCUT2D eigenvalue weighted by Gasteiger charge is 2.46. The van der Waals surface area contributed by atoms with Crippen molar-refractivity contribution >= 4 is 0 Å². The van der Waals surface area contributed by atoms with Crippen molar-refractivity contribution in [3.63, 3.8) is 0 Å². The number of ether oxygens (including phenoxy) is 1. The van der Waals surface area contributed by atoms with Crippen LogP contribution in [0.1, 0.15) is 51.4 Å². The van der Waals surface area contributed by atoms with Crippen LogP contribution in [0, 0.1) is 6.92 Å². The molecule has 0 saturated heterocycles. The molecule has 0 bridgehead atoms. The van der Waals surface area contributed by atoms with E-state index in [-0.39, 0.29) is 0 Å². The summed E-state index contributed by atoms with van der Waals surface area (Å²) in [5, 5.41) is 0. The Balaban J connectivity index is 1.28. The molecule has 2 aliphatic rings. The van der Waals surface area contributed by atoms with Gasteiger partial charge in [0.15, 0.2) is 0 Å². The normalized spacial score (nSPS) is 16.7. The van der Waals surface area contributed by atoms with Gasteiger partial charge in [-0.2, -0.15) is 0 Å². The van der Waals surface area contributed by atoms with Crippen LogP contribution in [0.3, 0.4) is 0 Å². The third-order valence-electron chi connectivity index (χ3n) is 10.6. The standard InChI is InChI=1S/C46H34O/c1-31-25-30-42-44(45(2,33-15-5-3-6-16-33)40-23-13-14-24-41(40)47-42)43(31)32-26-28-35(29-27-32)46(34-17-7-4-8-18-34)38-21-11-9-19-36(38)37-20-10-12-22-39(37)46/h3-30H,1-2H3. The Labute approximate surface area is 276 Å². The van der Waals surface area contributed by atoms with Gasteiger partial charge in [0.05, 0.1) is 10.8 Å². The Kier molecular flexibility index (Phi) is 6.14. The molecule has 1 nitrogen and oxygen atoms in total. The number of para-hydroxylation sites is 1. The predicted molar refractivity (Wildman–Crippen MR) is 192 cm³/mol. The smallest absolute Gasteiger partial charge is 0.132 e. The van der Waals surface area contributed by atoms with Crippen LogP contribution in [0.2, 0.25) is 0 Å². The molecular formula is C46H34O. The highest BCUT2D eigenvalue weighted by Crippen LogP contribution is 2.57. The van der Waals surface area contributed by atoms with Gasteiger partial charge in [0, 0.05) is 11.1 Å². The number of hydrogen-bond acceptors (Lipinski definition) is 1. The van der Waals surface area contributed by atoms with Crippen molar-refractivity contribution in [1.29, 1.82) is 0 Å². The molecule has 1 aliphatic heterocycles. The number of benzene rings is 7. The molecular weight excluding hydrogens is 569 g/mol. The molecule has 9 rings (SSSR count). The van der Waals surface area contributed by atoms with Crippen LogP contribution in [0.15, 0.2) is 170 Å². The molecule has 1 aliphatic carbocycles. The average Bonchev–Trinajstić information content (AvgIpc) is 3.44. The molecule has 0 aromatic heterocycles. The zero-order valence-electron chi connectivity index (χ0n) is 26.6. The second-order valence-electron chi connectivity index (χ2n) is 13.0. The largest absolute Gasteiger partial charge is 0.457 e. The molecule has 47 heavy (non-hydrogen) atoms. The highest BCUT2D eigenvalue weighted by molar-refractivity contribution is 5.87. The first-order valence-corrected chi connectivity index (χ1v) is 16.4. The lowest BCUT2D eigenvalue weighted by atomic mass is 9.66. The van der Waals surface area contributed by atoms with E-state index in [4.69, 9.17) is 4.74 Å². The van der Waals surface area contributed by atoms with Gasteiger partial charge in [0.1, 0.15) is 11.5 Å². The second-order valence-corrected chi connectivity index (χ2v) is 13.0. The fraction of sp³-hybridized carbons (Fsp3) is 0.0870. The Morgan fingerprint density at radius 2 is 0.936 bits per heavy atom. The summed E-state index contributed by atoms with van der Waals surface area (Å²) in [6.45, 7) is 4.58. The summed E-state index contributed by atoms with van der Waals surface area (Å²) in [7, 11) is 0. The maximum Gasteiger partial charge on any atom is 0.132 e. The second kappa shape index (κ2) is 10.4. The number of rotatable bonds is 4. The SMILES string of the molecule is Cc1ccc2c(c1-c1ccc(C3(c4ccccc4)c4ccccc4-c4ccccc43)cc1)C(C)(c1ccccc1)c1ccccc1O2. The van der Waals surface area contributed by atoms with Crippen LogP contribution in [0.5, 0.6) is 11.5 Å². The molecule has 0 N–H and O–H groups in total. The summed E-state index contributed by atoms with van der Waals surface area (Å²) < 4.78 is 6.67. The molecule has 0 radical (unpaired) electrons. The van der Waals surface area contributed by atoms with Crippen molar-refractivity contribution in [2.24, 2.45) is 0 Å². The fourth-order valence-electron chi connectivity index (χ4n) is 8.53. The molecule has 1 atom stereocenters. The molecule has 7 aromatic rings. The lowest BCUT2D eigenvalue weighted by Crippen LogP contribution is -2.30. The van der Waals surface area contributed by atoms with Crippen molar-refractivity contribution < 1.29 is 4.74 Å². The van der Waals surface area contributed by atoms with Crippen LogP contribution >= 0.6 is 0 Å². The van der Waals surface area contributed by atoms with Gasteiger partial charge in [0.25, 0.3) is 0 Å². The maximum absolute atomic E-state index is 6.67. The van der Waals surface area contributed by atoms with Gasteiger partial charge in [0.2, 0.25) is 0 Å². The molecule has 7 aromatic carbocycles. The summed E-state index contributed by atoms with van der Waals surface area (Å²) in [6.07, 6.45) is 0. The third-order valence-corrected chi connectivity index (χ3v) is 10.6. The zero-order chi connectivity index (χ0) is 31.6. The molecule has 1 unspecified atom stereocenters. The van der Waals surface area contributed by atoms with Crippen LogP contribution in [-0.4, -0.2) is 0 Å². The molecule has 224 valence electrons. The summed E-state index contributed by atoms with van der Waals surface area (Å²) in [4.78, 5) is 0. The third kappa shape index (κ3) is 3.84. The summed E-state index contributed by atoms with van der Waals surface area (Å²) >= 11 is 0. The molecule has 1 heterocycles. The first-order chi connectivity index (χ1) is 23.1. The minimum absolute atomic E-state index is 0.403. The van der Waals surface area contributed by atoms with Gasteiger partial charge in [-0.05, 0) is 81.6 Å². The van der Waals surface area contributed by atoms with E-state index in [0.29, 0.717) is 0 Å². The Bertz CT molecular complexity index is 2240. The zero-order valence-corrected chi connectivity index (χ0v) is 26.6. The van der Waals surface area contributed by atoms with Gasteiger partial charge >= 0.3 is 0 Å². The van der Waals surface area contributed by atoms with Crippen molar-refractivity contribution in [3.8, 4) is 33.8 Å². The lowest BCUT2D eigenvalue weighted by molar-refractivity contribution is 0.427. The first kappa shape index (κ1) is 27.6. The number of fused-ring (bicyclic) bond motifs is 5. The molecule has 0 spiro atoms. The first-order valence-electron chi connectivity index (χ1n) is 16.4. The minimum atomic E-state index is -0.418. The number of aryl methyl sites for hydroxylation is 1.